The highest BCUT2D eigenvalue weighted by molar-refractivity contribution is 7.90. The van der Waals surface area contributed by atoms with E-state index >= 15 is 8.78 Å². The molecule has 0 aliphatic rings. The molecule has 200 valence electrons. The number of fused-ring (bicyclic) bond motifs is 1. The van der Waals surface area contributed by atoms with Crippen LogP contribution in [0.3, 0.4) is 0 Å². The lowest BCUT2D eigenvalue weighted by Crippen LogP contribution is -2.27. The molecule has 1 amide bonds. The Morgan fingerprint density at radius 2 is 1.89 bits per heavy atom. The summed E-state index contributed by atoms with van der Waals surface area (Å²) in [5.74, 6) is -4.96. The number of benzene rings is 2. The third kappa shape index (κ3) is 5.18. The smallest absolute Gasteiger partial charge is 0.269 e. The molecule has 8 nitrogen and oxygen atoms in total. The third-order valence-corrected chi connectivity index (χ3v) is 7.52. The van der Waals surface area contributed by atoms with E-state index in [0.717, 1.165) is 24.3 Å². The van der Waals surface area contributed by atoms with E-state index in [2.05, 4.69) is 20.5 Å². The molecule has 38 heavy (non-hydrogen) atoms. The summed E-state index contributed by atoms with van der Waals surface area (Å²) >= 11 is 5.88. The number of amides is 1. The first-order chi connectivity index (χ1) is 17.9. The van der Waals surface area contributed by atoms with Gasteiger partial charge in [-0.2, -0.15) is 5.10 Å². The number of hydrogen-bond acceptors (Lipinski definition) is 6. The van der Waals surface area contributed by atoms with Crippen LogP contribution in [0.15, 0.2) is 41.4 Å². The molecule has 0 radical (unpaired) electrons. The van der Waals surface area contributed by atoms with Gasteiger partial charge < -0.3 is 10.1 Å². The average Bonchev–Trinajstić information content (AvgIpc) is 3.30. The second-order valence-electron chi connectivity index (χ2n) is 8.84. The highest BCUT2D eigenvalue weighted by Gasteiger charge is 2.27. The summed E-state index contributed by atoms with van der Waals surface area (Å²) in [5, 5.41) is 9.10. The summed E-state index contributed by atoms with van der Waals surface area (Å²) in [4.78, 5) is 15.9. The predicted molar refractivity (Wildman–Crippen MR) is 135 cm³/mol. The maximum atomic E-state index is 15.6. The summed E-state index contributed by atoms with van der Waals surface area (Å²) in [6, 6.07) is 5.32. The lowest BCUT2D eigenvalue weighted by molar-refractivity contribution is 0.0945. The van der Waals surface area contributed by atoms with E-state index in [4.69, 9.17) is 16.3 Å². The minimum absolute atomic E-state index is 0.00373. The first-order valence-corrected chi connectivity index (χ1v) is 13.3. The van der Waals surface area contributed by atoms with Crippen LogP contribution in [0.25, 0.3) is 22.0 Å². The minimum atomic E-state index is -4.27. The molecule has 0 aliphatic carbocycles. The van der Waals surface area contributed by atoms with Gasteiger partial charge in [0, 0.05) is 29.3 Å². The Morgan fingerprint density at radius 3 is 2.58 bits per heavy atom. The summed E-state index contributed by atoms with van der Waals surface area (Å²) < 4.78 is 77.0. The van der Waals surface area contributed by atoms with E-state index in [-0.39, 0.29) is 38.3 Å². The fourth-order valence-electron chi connectivity index (χ4n) is 3.82. The van der Waals surface area contributed by atoms with Crippen LogP contribution in [-0.2, 0) is 15.6 Å². The van der Waals surface area contributed by atoms with Crippen molar-refractivity contribution in [2.75, 3.05) is 13.7 Å². The molecule has 0 spiro atoms. The fraction of sp³-hybridized carbons (Fsp3) is 0.240. The van der Waals surface area contributed by atoms with Crippen molar-refractivity contribution in [3.05, 3.63) is 70.3 Å². The van der Waals surface area contributed by atoms with Crippen molar-refractivity contribution in [1.82, 2.24) is 20.5 Å². The monoisotopic (exact) mass is 566 g/mol. The Balaban J connectivity index is 1.76. The summed E-state index contributed by atoms with van der Waals surface area (Å²) in [6.07, 6.45) is 1.18. The summed E-state index contributed by atoms with van der Waals surface area (Å²) in [6.45, 7) is 4.19. The fourth-order valence-corrected chi connectivity index (χ4v) is 5.54. The number of aromatic amines is 1. The van der Waals surface area contributed by atoms with Crippen LogP contribution in [0.5, 0.6) is 5.88 Å². The molecule has 2 heterocycles. The maximum absolute atomic E-state index is 15.6. The first kappa shape index (κ1) is 27.4. The number of nitrogens with zero attached hydrogens (tertiary/aromatic N) is 2. The Morgan fingerprint density at radius 1 is 1.16 bits per heavy atom. The van der Waals surface area contributed by atoms with Crippen molar-refractivity contribution in [2.45, 2.75) is 24.5 Å². The Labute approximate surface area is 221 Å². The van der Waals surface area contributed by atoms with Gasteiger partial charge >= 0.3 is 0 Å². The molecule has 4 aromatic rings. The lowest BCUT2D eigenvalue weighted by Gasteiger charge is -2.13. The van der Waals surface area contributed by atoms with Crippen LogP contribution in [0.2, 0.25) is 5.02 Å². The quantitative estimate of drug-likeness (QED) is 0.308. The Hall–Kier alpha value is -3.64. The molecule has 0 saturated carbocycles. The van der Waals surface area contributed by atoms with Gasteiger partial charge in [0.15, 0.2) is 15.7 Å². The molecule has 0 saturated heterocycles. The number of sulfone groups is 1. The molecule has 13 heteroatoms. The van der Waals surface area contributed by atoms with Gasteiger partial charge in [0.2, 0.25) is 5.88 Å². The summed E-state index contributed by atoms with van der Waals surface area (Å²) in [5.41, 5.74) is -1.99. The van der Waals surface area contributed by atoms with Crippen molar-refractivity contribution < 1.29 is 31.1 Å². The van der Waals surface area contributed by atoms with Crippen molar-refractivity contribution in [2.24, 2.45) is 5.92 Å². The number of ether oxygens (including phenoxy) is 1. The van der Waals surface area contributed by atoms with Gasteiger partial charge in [-0.15, -0.1) is 0 Å². The van der Waals surface area contributed by atoms with E-state index in [1.54, 1.807) is 0 Å². The highest BCUT2D eigenvalue weighted by atomic mass is 35.5. The number of halogens is 4. The zero-order chi connectivity index (χ0) is 27.8. The zero-order valence-electron chi connectivity index (χ0n) is 20.4. The van der Waals surface area contributed by atoms with Crippen LogP contribution >= 0.6 is 11.6 Å². The largest absolute Gasteiger partial charge is 0.480 e. The van der Waals surface area contributed by atoms with Crippen molar-refractivity contribution in [1.29, 1.82) is 0 Å². The van der Waals surface area contributed by atoms with Crippen LogP contribution in [-0.4, -0.2) is 43.2 Å². The molecule has 2 N–H and O–H groups in total. The number of carbonyl (C=O) groups is 1. The van der Waals surface area contributed by atoms with Gasteiger partial charge in [0.05, 0.1) is 23.4 Å². The minimum Gasteiger partial charge on any atom is -0.480 e. The molecule has 0 aliphatic heterocycles. The normalized spacial score (nSPS) is 11.8. The maximum Gasteiger partial charge on any atom is 0.269 e. The molecule has 0 fully saturated rings. The lowest BCUT2D eigenvalue weighted by atomic mass is 9.99. The van der Waals surface area contributed by atoms with Gasteiger partial charge in [0.25, 0.3) is 5.91 Å². The van der Waals surface area contributed by atoms with E-state index in [1.165, 1.54) is 19.4 Å². The molecule has 0 atom stereocenters. The molecule has 2 aromatic carbocycles. The summed E-state index contributed by atoms with van der Waals surface area (Å²) in [7, 11) is -3.06. The number of rotatable bonds is 8. The van der Waals surface area contributed by atoms with Crippen molar-refractivity contribution >= 4 is 38.2 Å². The number of H-pyrrole nitrogens is 1. The van der Waals surface area contributed by atoms with Gasteiger partial charge in [0.1, 0.15) is 27.7 Å². The van der Waals surface area contributed by atoms with Crippen LogP contribution in [0, 0.1) is 23.4 Å². The van der Waals surface area contributed by atoms with E-state index in [1.807, 2.05) is 13.8 Å². The van der Waals surface area contributed by atoms with Gasteiger partial charge in [-0.25, -0.2) is 26.6 Å². The number of methoxy groups -OCH3 is 1. The number of aromatic nitrogens is 3. The number of nitrogens with one attached hydrogen (secondary N) is 2. The van der Waals surface area contributed by atoms with E-state index in [0.29, 0.717) is 6.54 Å². The number of pyridine rings is 1. The Kier molecular flexibility index (Phi) is 7.65. The molecule has 4 rings (SSSR count). The highest BCUT2D eigenvalue weighted by Crippen LogP contribution is 2.35. The second kappa shape index (κ2) is 10.6. The molecule has 2 aromatic heterocycles. The van der Waals surface area contributed by atoms with Gasteiger partial charge in [-0.1, -0.05) is 37.6 Å². The average molecular weight is 567 g/mol. The van der Waals surface area contributed by atoms with Crippen molar-refractivity contribution in [3.8, 4) is 17.0 Å². The second-order valence-corrected chi connectivity index (χ2v) is 11.2. The van der Waals surface area contributed by atoms with Crippen LogP contribution in [0.4, 0.5) is 13.2 Å². The van der Waals surface area contributed by atoms with Crippen LogP contribution < -0.4 is 10.1 Å². The van der Waals surface area contributed by atoms with Crippen molar-refractivity contribution in [3.63, 3.8) is 0 Å². The molecular weight excluding hydrogens is 545 g/mol. The first-order valence-electron chi connectivity index (χ1n) is 11.3. The number of hydrogen-bond donors (Lipinski definition) is 2. The molecular formula is C25H22ClF3N4O4S. The molecule has 0 bridgehead atoms. The standard InChI is InChI=1S/C25H22ClF3N4O4S/c1-12(2)9-30-24(34)23-16-6-5-15(21(29)22(16)32-33-23)19-17(27)7-4-13(20(19)28)11-38(35,36)18-8-14(26)10-31-25(18)37-3/h4-8,10,12H,9,11H2,1-3H3,(H,30,34)(H,32,33). The molecule has 0 unspecified atom stereocenters. The Bertz CT molecular complexity index is 1660. The van der Waals surface area contributed by atoms with Gasteiger partial charge in [-0.05, 0) is 24.1 Å². The number of carbonyl (C=O) groups excluding carboxylic acids is 1. The third-order valence-electron chi connectivity index (χ3n) is 5.66. The van der Waals surface area contributed by atoms with Crippen LogP contribution in [0.1, 0.15) is 29.9 Å². The predicted octanol–water partition coefficient (Wildman–Crippen LogP) is 5.06. The SMILES string of the molecule is COc1ncc(Cl)cc1S(=O)(=O)Cc1ccc(F)c(-c2ccc3c(C(=O)NCC(C)C)[nH]nc3c2F)c1F. The zero-order valence-corrected chi connectivity index (χ0v) is 22.0. The van der Waals surface area contributed by atoms with Gasteiger partial charge in [-0.3, -0.25) is 9.89 Å². The van der Waals surface area contributed by atoms with E-state index in [9.17, 15) is 17.6 Å². The van der Waals surface area contributed by atoms with E-state index < -0.39 is 55.6 Å². The topological polar surface area (TPSA) is 114 Å².